The van der Waals surface area contributed by atoms with Gasteiger partial charge < -0.3 is 0 Å². The van der Waals surface area contributed by atoms with Gasteiger partial charge in [-0.15, -0.1) is 0 Å². The summed E-state index contributed by atoms with van der Waals surface area (Å²) in [4.78, 5) is 0. The maximum Gasteiger partial charge on any atom is 0.140 e. The molecule has 3 aromatic carbocycles. The Kier molecular flexibility index (Phi) is 2.44. The lowest BCUT2D eigenvalue weighted by atomic mass is 9.87. The molecule has 3 rings (SSSR count). The van der Waals surface area contributed by atoms with Crippen molar-refractivity contribution >= 4 is 34.9 Å². The molecule has 88 valence electrons. The van der Waals surface area contributed by atoms with Crippen molar-refractivity contribution in [3.8, 4) is 0 Å². The molecule has 0 aromatic heterocycles. The Morgan fingerprint density at radius 3 is 2.33 bits per heavy atom. The minimum absolute atomic E-state index is 1.34. The summed E-state index contributed by atoms with van der Waals surface area (Å²) in [5, 5.41) is 5.45. The van der Waals surface area contributed by atoms with Gasteiger partial charge in [0.1, 0.15) is 7.85 Å². The first-order valence-electron chi connectivity index (χ1n) is 6.48. The summed E-state index contributed by atoms with van der Waals surface area (Å²) in [5.41, 5.74) is 5.56. The molecular formula is C17H17B. The summed E-state index contributed by atoms with van der Waals surface area (Å²) in [7, 11) is 2.19. The molecule has 0 spiro atoms. The molecule has 0 aliphatic carbocycles. The summed E-state index contributed by atoms with van der Waals surface area (Å²) in [6, 6.07) is 13.5. The molecule has 0 atom stereocenters. The number of benzene rings is 3. The van der Waals surface area contributed by atoms with Gasteiger partial charge in [-0.2, -0.15) is 0 Å². The molecule has 3 aromatic rings. The molecule has 0 fully saturated rings. The van der Waals surface area contributed by atoms with Crippen molar-refractivity contribution in [1.82, 2.24) is 0 Å². The molecule has 0 radical (unpaired) electrons. The van der Waals surface area contributed by atoms with Crippen molar-refractivity contribution in [3.63, 3.8) is 0 Å². The predicted octanol–water partition coefficient (Wildman–Crippen LogP) is 3.18. The van der Waals surface area contributed by atoms with Crippen LogP contribution in [0.5, 0.6) is 0 Å². The van der Waals surface area contributed by atoms with E-state index in [1.807, 2.05) is 0 Å². The van der Waals surface area contributed by atoms with E-state index >= 15 is 0 Å². The van der Waals surface area contributed by atoms with Crippen molar-refractivity contribution in [3.05, 3.63) is 53.1 Å². The lowest BCUT2D eigenvalue weighted by Gasteiger charge is -2.12. The Morgan fingerprint density at radius 2 is 1.56 bits per heavy atom. The van der Waals surface area contributed by atoms with E-state index in [0.717, 1.165) is 0 Å². The van der Waals surface area contributed by atoms with Crippen LogP contribution < -0.4 is 5.46 Å². The summed E-state index contributed by atoms with van der Waals surface area (Å²) in [6.45, 7) is 6.64. The highest BCUT2D eigenvalue weighted by molar-refractivity contribution is 6.39. The molecule has 0 heterocycles. The Hall–Kier alpha value is -1.76. The molecule has 0 saturated carbocycles. The van der Waals surface area contributed by atoms with Gasteiger partial charge in [0, 0.05) is 0 Å². The van der Waals surface area contributed by atoms with Crippen molar-refractivity contribution in [2.45, 2.75) is 20.8 Å². The van der Waals surface area contributed by atoms with Crippen molar-refractivity contribution in [2.24, 2.45) is 0 Å². The first-order valence-corrected chi connectivity index (χ1v) is 6.48. The van der Waals surface area contributed by atoms with Gasteiger partial charge in [-0.1, -0.05) is 29.7 Å². The second-order valence-electron chi connectivity index (χ2n) is 5.31. The zero-order valence-electron chi connectivity index (χ0n) is 11.5. The van der Waals surface area contributed by atoms with Gasteiger partial charge >= 0.3 is 0 Å². The maximum absolute atomic E-state index is 2.35. The van der Waals surface area contributed by atoms with Gasteiger partial charge in [0.05, 0.1) is 0 Å². The highest BCUT2D eigenvalue weighted by Crippen LogP contribution is 2.28. The molecule has 0 nitrogen and oxygen atoms in total. The van der Waals surface area contributed by atoms with E-state index in [4.69, 9.17) is 0 Å². The first-order chi connectivity index (χ1) is 8.58. The SMILES string of the molecule is Bc1cccc2cc3cc(C)c(C)c(C)c3cc12. The van der Waals surface area contributed by atoms with Gasteiger partial charge in [-0.3, -0.25) is 0 Å². The van der Waals surface area contributed by atoms with Gasteiger partial charge in [0.15, 0.2) is 0 Å². The van der Waals surface area contributed by atoms with Gasteiger partial charge in [-0.05, 0) is 71.1 Å². The van der Waals surface area contributed by atoms with Crippen LogP contribution in [0.25, 0.3) is 21.5 Å². The van der Waals surface area contributed by atoms with Crippen LogP contribution in [0.2, 0.25) is 0 Å². The van der Waals surface area contributed by atoms with Crippen molar-refractivity contribution < 1.29 is 0 Å². The number of fused-ring (bicyclic) bond motifs is 2. The number of aryl methyl sites for hydroxylation is 2. The number of hydrogen-bond donors (Lipinski definition) is 0. The largest absolute Gasteiger partial charge is 0.140 e. The monoisotopic (exact) mass is 232 g/mol. The van der Waals surface area contributed by atoms with Crippen LogP contribution in [0.4, 0.5) is 0 Å². The Morgan fingerprint density at radius 1 is 0.778 bits per heavy atom. The Bertz CT molecular complexity index is 770. The molecule has 0 unspecified atom stereocenters. The summed E-state index contributed by atoms with van der Waals surface area (Å²) in [6.07, 6.45) is 0. The Labute approximate surface area is 109 Å². The van der Waals surface area contributed by atoms with Crippen LogP contribution in [0, 0.1) is 20.8 Å². The fraction of sp³-hybridized carbons (Fsp3) is 0.176. The normalized spacial score (nSPS) is 11.3. The van der Waals surface area contributed by atoms with Crippen LogP contribution in [0.1, 0.15) is 16.7 Å². The molecule has 0 aliphatic rings. The molecule has 0 bridgehead atoms. The van der Waals surface area contributed by atoms with E-state index in [-0.39, 0.29) is 0 Å². The average Bonchev–Trinajstić information content (AvgIpc) is 2.35. The van der Waals surface area contributed by atoms with E-state index in [2.05, 4.69) is 65.0 Å². The van der Waals surface area contributed by atoms with Crippen molar-refractivity contribution in [2.75, 3.05) is 0 Å². The Balaban J connectivity index is 2.54. The fourth-order valence-electron chi connectivity index (χ4n) is 2.78. The standard InChI is InChI=1S/C17H17B/c1-10-7-14-8-13-5-4-6-17(18)16(13)9-15(14)12(3)11(10)2/h4-9H,18H2,1-3H3. The third-order valence-electron chi connectivity index (χ3n) is 4.20. The number of hydrogen-bond acceptors (Lipinski definition) is 0. The van der Waals surface area contributed by atoms with E-state index in [0.29, 0.717) is 0 Å². The van der Waals surface area contributed by atoms with Gasteiger partial charge in [0.2, 0.25) is 0 Å². The number of rotatable bonds is 0. The smallest absolute Gasteiger partial charge is 0.0813 e. The molecule has 0 amide bonds. The van der Waals surface area contributed by atoms with E-state index in [1.165, 1.54) is 43.7 Å². The van der Waals surface area contributed by atoms with E-state index in [1.54, 1.807) is 0 Å². The quantitative estimate of drug-likeness (QED) is 0.412. The van der Waals surface area contributed by atoms with E-state index in [9.17, 15) is 0 Å². The first kappa shape index (κ1) is 11.3. The summed E-state index contributed by atoms with van der Waals surface area (Å²) < 4.78 is 0. The minimum Gasteiger partial charge on any atom is -0.0813 e. The van der Waals surface area contributed by atoms with Gasteiger partial charge in [0.25, 0.3) is 0 Å². The third kappa shape index (κ3) is 1.54. The maximum atomic E-state index is 2.35. The van der Waals surface area contributed by atoms with E-state index < -0.39 is 0 Å². The average molecular weight is 232 g/mol. The molecule has 18 heavy (non-hydrogen) atoms. The topological polar surface area (TPSA) is 0 Å². The van der Waals surface area contributed by atoms with Crippen LogP contribution in [-0.2, 0) is 0 Å². The zero-order chi connectivity index (χ0) is 12.9. The molecule has 0 N–H and O–H groups in total. The lowest BCUT2D eigenvalue weighted by Crippen LogP contribution is -2.02. The van der Waals surface area contributed by atoms with Crippen LogP contribution in [0.15, 0.2) is 36.4 Å². The lowest BCUT2D eigenvalue weighted by molar-refractivity contribution is 1.30. The predicted molar refractivity (Wildman–Crippen MR) is 83.8 cm³/mol. The molecule has 0 saturated heterocycles. The molecule has 0 aliphatic heterocycles. The molecular weight excluding hydrogens is 215 g/mol. The van der Waals surface area contributed by atoms with Gasteiger partial charge in [-0.25, -0.2) is 0 Å². The van der Waals surface area contributed by atoms with Crippen LogP contribution in [-0.4, -0.2) is 7.85 Å². The van der Waals surface area contributed by atoms with Crippen LogP contribution in [0.3, 0.4) is 0 Å². The van der Waals surface area contributed by atoms with Crippen LogP contribution >= 0.6 is 0 Å². The highest BCUT2D eigenvalue weighted by Gasteiger charge is 2.06. The fourth-order valence-corrected chi connectivity index (χ4v) is 2.78. The second-order valence-corrected chi connectivity index (χ2v) is 5.31. The third-order valence-corrected chi connectivity index (χ3v) is 4.20. The van der Waals surface area contributed by atoms with Crippen molar-refractivity contribution in [1.29, 1.82) is 0 Å². The molecule has 1 heteroatoms. The minimum atomic E-state index is 1.34. The summed E-state index contributed by atoms with van der Waals surface area (Å²) >= 11 is 0. The zero-order valence-corrected chi connectivity index (χ0v) is 11.5. The second kappa shape index (κ2) is 3.88. The highest BCUT2D eigenvalue weighted by atomic mass is 14.1. The summed E-state index contributed by atoms with van der Waals surface area (Å²) in [5.74, 6) is 0.